The van der Waals surface area contributed by atoms with Crippen LogP contribution in [0, 0.1) is 0 Å². The summed E-state index contributed by atoms with van der Waals surface area (Å²) < 4.78 is 0.859. The van der Waals surface area contributed by atoms with Crippen LogP contribution in [0.25, 0.3) is 11.1 Å². The van der Waals surface area contributed by atoms with Crippen LogP contribution >= 0.6 is 15.9 Å². The first-order valence-corrected chi connectivity index (χ1v) is 6.70. The lowest BCUT2D eigenvalue weighted by Crippen LogP contribution is -2.08. The van der Waals surface area contributed by atoms with Gasteiger partial charge in [0.15, 0.2) is 0 Å². The first-order valence-electron chi connectivity index (χ1n) is 5.90. The summed E-state index contributed by atoms with van der Waals surface area (Å²) >= 11 is 3.47. The average molecular weight is 289 g/mol. The topological polar surface area (TPSA) is 25.8 Å². The number of hydrogen-bond donors (Lipinski definition) is 0. The second-order valence-electron chi connectivity index (χ2n) is 4.48. The molecule has 1 saturated carbocycles. The molecular weight excluding hydrogens is 276 g/mol. The van der Waals surface area contributed by atoms with Crippen LogP contribution in [0.3, 0.4) is 0 Å². The molecule has 1 aliphatic rings. The van der Waals surface area contributed by atoms with Gasteiger partial charge in [-0.05, 0) is 45.8 Å². The minimum absolute atomic E-state index is 0.762. The Morgan fingerprint density at radius 3 is 2.82 bits per heavy atom. The number of halogens is 1. The predicted molar refractivity (Wildman–Crippen MR) is 71.8 cm³/mol. The molecule has 0 N–H and O–H groups in total. The first kappa shape index (κ1) is 10.9. The van der Waals surface area contributed by atoms with Crippen molar-refractivity contribution in [2.45, 2.75) is 25.2 Å². The number of rotatable bonds is 2. The monoisotopic (exact) mass is 288 g/mol. The van der Waals surface area contributed by atoms with Crippen molar-refractivity contribution >= 4 is 15.9 Å². The van der Waals surface area contributed by atoms with Crippen molar-refractivity contribution in [1.82, 2.24) is 9.97 Å². The molecule has 3 rings (SSSR count). The maximum atomic E-state index is 4.17. The maximum absolute atomic E-state index is 4.17. The van der Waals surface area contributed by atoms with Crippen molar-refractivity contribution in [3.05, 3.63) is 47.0 Å². The highest BCUT2D eigenvalue weighted by Gasteiger charge is 2.19. The van der Waals surface area contributed by atoms with E-state index in [0.717, 1.165) is 16.1 Å². The molecule has 0 aliphatic heterocycles. The second-order valence-corrected chi connectivity index (χ2v) is 5.23. The van der Waals surface area contributed by atoms with E-state index in [9.17, 15) is 0 Å². The summed E-state index contributed by atoms with van der Waals surface area (Å²) in [5.41, 5.74) is 3.71. The van der Waals surface area contributed by atoms with Gasteiger partial charge in [-0.25, -0.2) is 9.97 Å². The molecule has 0 bridgehead atoms. The fourth-order valence-electron chi connectivity index (χ4n) is 2.21. The molecule has 0 spiro atoms. The van der Waals surface area contributed by atoms with Crippen LogP contribution in [-0.2, 0) is 0 Å². The van der Waals surface area contributed by atoms with Crippen LogP contribution < -0.4 is 0 Å². The Bertz CT molecular complexity index is 535. The SMILES string of the molecule is Brc1ncncc1-c1cccc(C2CCC2)c1. The Hall–Kier alpha value is -1.22. The molecule has 1 aliphatic carbocycles. The summed E-state index contributed by atoms with van der Waals surface area (Å²) in [6.45, 7) is 0. The van der Waals surface area contributed by atoms with Gasteiger partial charge in [-0.2, -0.15) is 0 Å². The Labute approximate surface area is 109 Å². The maximum Gasteiger partial charge on any atom is 0.117 e. The van der Waals surface area contributed by atoms with Crippen LogP contribution in [0.4, 0.5) is 0 Å². The summed E-state index contributed by atoms with van der Waals surface area (Å²) in [4.78, 5) is 8.26. The van der Waals surface area contributed by atoms with E-state index >= 15 is 0 Å². The molecule has 2 nitrogen and oxygen atoms in total. The standard InChI is InChI=1S/C14H13BrN2/c15-14-13(8-16-9-17-14)12-6-2-5-11(7-12)10-3-1-4-10/h2,5-10H,1,3-4H2. The third-order valence-corrected chi connectivity index (χ3v) is 4.07. The van der Waals surface area contributed by atoms with Crippen molar-refractivity contribution in [3.8, 4) is 11.1 Å². The molecule has 3 heteroatoms. The van der Waals surface area contributed by atoms with E-state index in [2.05, 4.69) is 50.2 Å². The fraction of sp³-hybridized carbons (Fsp3) is 0.286. The van der Waals surface area contributed by atoms with Gasteiger partial charge in [0.25, 0.3) is 0 Å². The Kier molecular flexibility index (Phi) is 2.93. The first-order chi connectivity index (χ1) is 8.34. The van der Waals surface area contributed by atoms with Crippen molar-refractivity contribution < 1.29 is 0 Å². The van der Waals surface area contributed by atoms with E-state index in [-0.39, 0.29) is 0 Å². The van der Waals surface area contributed by atoms with E-state index in [1.165, 1.54) is 30.4 Å². The highest BCUT2D eigenvalue weighted by Crippen LogP contribution is 2.38. The van der Waals surface area contributed by atoms with Gasteiger partial charge in [0.2, 0.25) is 0 Å². The van der Waals surface area contributed by atoms with Gasteiger partial charge in [0.05, 0.1) is 0 Å². The molecule has 2 aromatic rings. The molecule has 0 radical (unpaired) electrons. The van der Waals surface area contributed by atoms with Crippen molar-refractivity contribution in [2.75, 3.05) is 0 Å². The molecule has 1 aromatic heterocycles. The number of hydrogen-bond acceptors (Lipinski definition) is 2. The molecular formula is C14H13BrN2. The van der Waals surface area contributed by atoms with Gasteiger partial charge < -0.3 is 0 Å². The van der Waals surface area contributed by atoms with Gasteiger partial charge in [-0.15, -0.1) is 0 Å². The lowest BCUT2D eigenvalue weighted by molar-refractivity contribution is 0.420. The van der Waals surface area contributed by atoms with Crippen molar-refractivity contribution in [2.24, 2.45) is 0 Å². The van der Waals surface area contributed by atoms with Gasteiger partial charge >= 0.3 is 0 Å². The third kappa shape index (κ3) is 2.12. The summed E-state index contributed by atoms with van der Waals surface area (Å²) in [5, 5.41) is 0. The zero-order valence-corrected chi connectivity index (χ0v) is 11.0. The van der Waals surface area contributed by atoms with Crippen LogP contribution in [0.1, 0.15) is 30.7 Å². The largest absolute Gasteiger partial charge is 0.244 e. The van der Waals surface area contributed by atoms with E-state index in [0.29, 0.717) is 0 Å². The van der Waals surface area contributed by atoms with Gasteiger partial charge in [0.1, 0.15) is 10.9 Å². The van der Waals surface area contributed by atoms with Crippen molar-refractivity contribution in [3.63, 3.8) is 0 Å². The van der Waals surface area contributed by atoms with Crippen LogP contribution in [-0.4, -0.2) is 9.97 Å². The minimum Gasteiger partial charge on any atom is -0.244 e. The molecule has 17 heavy (non-hydrogen) atoms. The summed E-state index contributed by atoms with van der Waals surface area (Å²) in [6.07, 6.45) is 7.44. The molecule has 0 unspecified atom stereocenters. The van der Waals surface area contributed by atoms with Crippen LogP contribution in [0.2, 0.25) is 0 Å². The molecule has 0 atom stereocenters. The number of benzene rings is 1. The molecule has 0 saturated heterocycles. The normalized spacial score (nSPS) is 15.6. The zero-order chi connectivity index (χ0) is 11.7. The summed E-state index contributed by atoms with van der Waals surface area (Å²) in [6, 6.07) is 8.74. The van der Waals surface area contributed by atoms with Crippen LogP contribution in [0.5, 0.6) is 0 Å². The number of nitrogens with zero attached hydrogens (tertiary/aromatic N) is 2. The average Bonchev–Trinajstić information content (AvgIpc) is 2.28. The molecule has 1 aromatic carbocycles. The van der Waals surface area contributed by atoms with E-state index in [1.54, 1.807) is 6.33 Å². The lowest BCUT2D eigenvalue weighted by atomic mass is 9.79. The van der Waals surface area contributed by atoms with E-state index in [1.807, 2.05) is 6.20 Å². The van der Waals surface area contributed by atoms with Gasteiger partial charge in [-0.1, -0.05) is 30.7 Å². The summed E-state index contributed by atoms with van der Waals surface area (Å²) in [7, 11) is 0. The highest BCUT2D eigenvalue weighted by molar-refractivity contribution is 9.10. The third-order valence-electron chi connectivity index (χ3n) is 3.44. The van der Waals surface area contributed by atoms with E-state index in [4.69, 9.17) is 0 Å². The fourth-order valence-corrected chi connectivity index (χ4v) is 2.63. The second kappa shape index (κ2) is 4.57. The minimum atomic E-state index is 0.762. The Morgan fingerprint density at radius 1 is 1.24 bits per heavy atom. The Morgan fingerprint density at radius 2 is 2.12 bits per heavy atom. The summed E-state index contributed by atoms with van der Waals surface area (Å²) in [5.74, 6) is 0.762. The van der Waals surface area contributed by atoms with E-state index < -0.39 is 0 Å². The van der Waals surface area contributed by atoms with Gasteiger partial charge in [-0.3, -0.25) is 0 Å². The molecule has 86 valence electrons. The Balaban J connectivity index is 2.00. The molecule has 0 amide bonds. The predicted octanol–water partition coefficient (Wildman–Crippen LogP) is 4.17. The molecule has 1 heterocycles. The zero-order valence-electron chi connectivity index (χ0n) is 9.44. The smallest absolute Gasteiger partial charge is 0.117 e. The highest BCUT2D eigenvalue weighted by atomic mass is 79.9. The number of aromatic nitrogens is 2. The van der Waals surface area contributed by atoms with Gasteiger partial charge in [0, 0.05) is 11.8 Å². The molecule has 1 fully saturated rings. The lowest BCUT2D eigenvalue weighted by Gasteiger charge is -2.26. The van der Waals surface area contributed by atoms with Crippen molar-refractivity contribution in [1.29, 1.82) is 0 Å². The quantitative estimate of drug-likeness (QED) is 0.775. The van der Waals surface area contributed by atoms with Crippen LogP contribution in [0.15, 0.2) is 41.4 Å².